The molecular weight excluding hydrogens is 265 g/mol. The van der Waals surface area contributed by atoms with Crippen LogP contribution in [-0.4, -0.2) is 12.6 Å². The summed E-state index contributed by atoms with van der Waals surface area (Å²) in [6.45, 7) is 3.54. The second kappa shape index (κ2) is 9.04. The summed E-state index contributed by atoms with van der Waals surface area (Å²) in [6.07, 6.45) is 9.79. The van der Waals surface area contributed by atoms with Gasteiger partial charge in [-0.1, -0.05) is 51.2 Å². The monoisotopic (exact) mass is 293 g/mol. The van der Waals surface area contributed by atoms with Gasteiger partial charge in [-0.15, -0.1) is 0 Å². The number of nitrogens with one attached hydrogen (secondary N) is 1. The molecule has 1 fully saturated rings. The number of unbranched alkanes of at least 4 members (excludes halogenated alkanes) is 5. The van der Waals surface area contributed by atoms with Crippen molar-refractivity contribution in [3.05, 3.63) is 29.6 Å². The molecule has 1 aromatic rings. The molecule has 0 unspecified atom stereocenters. The average molecular weight is 293 g/mol. The maximum absolute atomic E-state index is 13.9. The predicted octanol–water partition coefficient (Wildman–Crippen LogP) is 4.82. The van der Waals surface area contributed by atoms with Gasteiger partial charge in [0.05, 0.1) is 6.61 Å². The normalized spacial score (nSPS) is 14.4. The number of halogens is 1. The summed E-state index contributed by atoms with van der Waals surface area (Å²) in [5, 5.41) is 3.42. The van der Waals surface area contributed by atoms with Crippen molar-refractivity contribution in [1.29, 1.82) is 0 Å². The van der Waals surface area contributed by atoms with Gasteiger partial charge < -0.3 is 10.1 Å². The van der Waals surface area contributed by atoms with Gasteiger partial charge in [0.1, 0.15) is 0 Å². The van der Waals surface area contributed by atoms with Crippen molar-refractivity contribution in [3.8, 4) is 5.75 Å². The maximum atomic E-state index is 13.9. The topological polar surface area (TPSA) is 21.3 Å². The molecule has 1 saturated carbocycles. The van der Waals surface area contributed by atoms with E-state index in [0.29, 0.717) is 24.9 Å². The van der Waals surface area contributed by atoms with Crippen LogP contribution < -0.4 is 10.1 Å². The quantitative estimate of drug-likeness (QED) is 0.591. The van der Waals surface area contributed by atoms with Crippen molar-refractivity contribution in [2.45, 2.75) is 70.9 Å². The number of ether oxygens (including phenoxy) is 1. The third-order valence-electron chi connectivity index (χ3n) is 3.95. The first-order valence-corrected chi connectivity index (χ1v) is 8.45. The highest BCUT2D eigenvalue weighted by Crippen LogP contribution is 2.25. The van der Waals surface area contributed by atoms with Crippen LogP contribution in [0.4, 0.5) is 4.39 Å². The van der Waals surface area contributed by atoms with Gasteiger partial charge in [-0.3, -0.25) is 0 Å². The van der Waals surface area contributed by atoms with Gasteiger partial charge in [-0.05, 0) is 25.3 Å². The first kappa shape index (κ1) is 16.3. The van der Waals surface area contributed by atoms with Crippen LogP contribution in [0.25, 0.3) is 0 Å². The highest BCUT2D eigenvalue weighted by atomic mass is 19.1. The Balaban J connectivity index is 1.72. The molecule has 21 heavy (non-hydrogen) atoms. The molecule has 2 rings (SSSR count). The Hall–Kier alpha value is -1.09. The zero-order chi connectivity index (χ0) is 14.9. The summed E-state index contributed by atoms with van der Waals surface area (Å²) in [5.74, 6) is 0.204. The minimum Gasteiger partial charge on any atom is -0.490 e. The molecule has 0 bridgehead atoms. The van der Waals surface area contributed by atoms with Gasteiger partial charge in [0, 0.05) is 18.2 Å². The Bertz CT molecular complexity index is 418. The molecule has 3 heteroatoms. The Kier molecular flexibility index (Phi) is 7.01. The first-order valence-electron chi connectivity index (χ1n) is 8.45. The lowest BCUT2D eigenvalue weighted by atomic mass is 10.1. The number of benzene rings is 1. The van der Waals surface area contributed by atoms with Gasteiger partial charge in [0.15, 0.2) is 11.6 Å². The van der Waals surface area contributed by atoms with E-state index in [0.717, 1.165) is 12.0 Å². The van der Waals surface area contributed by atoms with E-state index in [9.17, 15) is 4.39 Å². The van der Waals surface area contributed by atoms with E-state index < -0.39 is 0 Å². The van der Waals surface area contributed by atoms with Gasteiger partial charge in [-0.2, -0.15) is 0 Å². The lowest BCUT2D eigenvalue weighted by Crippen LogP contribution is -2.16. The molecule has 1 N–H and O–H groups in total. The molecule has 1 aliphatic carbocycles. The predicted molar refractivity (Wildman–Crippen MR) is 85.1 cm³/mol. The van der Waals surface area contributed by atoms with E-state index in [-0.39, 0.29) is 5.82 Å². The van der Waals surface area contributed by atoms with Crippen molar-refractivity contribution in [3.63, 3.8) is 0 Å². The Morgan fingerprint density at radius 2 is 1.90 bits per heavy atom. The number of rotatable bonds is 11. The number of hydrogen-bond acceptors (Lipinski definition) is 2. The standard InChI is InChI=1S/C18H28FNO/c1-2-3-4-5-6-7-13-21-18-15(9-8-10-17(18)19)14-20-16-11-12-16/h8-10,16,20H,2-7,11-14H2,1H3. The third-order valence-corrected chi connectivity index (χ3v) is 3.95. The molecule has 118 valence electrons. The zero-order valence-electron chi connectivity index (χ0n) is 13.2. The fourth-order valence-electron chi connectivity index (χ4n) is 2.45. The molecule has 0 amide bonds. The van der Waals surface area contributed by atoms with Crippen molar-refractivity contribution >= 4 is 0 Å². The van der Waals surface area contributed by atoms with Crippen molar-refractivity contribution in [2.75, 3.05) is 6.61 Å². The van der Waals surface area contributed by atoms with Crippen LogP contribution in [0.15, 0.2) is 18.2 Å². The van der Waals surface area contributed by atoms with Crippen LogP contribution in [0.5, 0.6) is 5.75 Å². The van der Waals surface area contributed by atoms with Crippen LogP contribution in [0.3, 0.4) is 0 Å². The third kappa shape index (κ3) is 6.04. The second-order valence-electron chi connectivity index (χ2n) is 6.00. The van der Waals surface area contributed by atoms with Crippen LogP contribution in [0, 0.1) is 5.82 Å². The molecule has 1 aliphatic rings. The maximum Gasteiger partial charge on any atom is 0.165 e. The van der Waals surface area contributed by atoms with Crippen LogP contribution in [0.2, 0.25) is 0 Å². The highest BCUT2D eigenvalue weighted by Gasteiger charge is 2.21. The molecule has 1 aromatic carbocycles. The van der Waals surface area contributed by atoms with Gasteiger partial charge in [0.25, 0.3) is 0 Å². The fourth-order valence-corrected chi connectivity index (χ4v) is 2.45. The molecule has 0 saturated heterocycles. The Labute approximate surface area is 128 Å². The van der Waals surface area contributed by atoms with Gasteiger partial charge >= 0.3 is 0 Å². The minimum atomic E-state index is -0.240. The van der Waals surface area contributed by atoms with Crippen molar-refractivity contribution in [2.24, 2.45) is 0 Å². The van der Waals surface area contributed by atoms with E-state index in [1.165, 1.54) is 51.0 Å². The fraction of sp³-hybridized carbons (Fsp3) is 0.667. The molecule has 0 heterocycles. The highest BCUT2D eigenvalue weighted by molar-refractivity contribution is 5.35. The van der Waals surface area contributed by atoms with Gasteiger partial charge in [-0.25, -0.2) is 4.39 Å². The lowest BCUT2D eigenvalue weighted by molar-refractivity contribution is 0.286. The van der Waals surface area contributed by atoms with E-state index in [1.807, 2.05) is 6.07 Å². The summed E-state index contributed by atoms with van der Waals surface area (Å²) >= 11 is 0. The molecule has 0 aliphatic heterocycles. The van der Waals surface area contributed by atoms with E-state index in [2.05, 4.69) is 12.2 Å². The molecule has 0 spiro atoms. The SMILES string of the molecule is CCCCCCCCOc1c(F)cccc1CNC1CC1. The van der Waals surface area contributed by atoms with E-state index in [4.69, 9.17) is 4.74 Å². The lowest BCUT2D eigenvalue weighted by Gasteiger charge is -2.13. The van der Waals surface area contributed by atoms with Crippen molar-refractivity contribution < 1.29 is 9.13 Å². The summed E-state index contributed by atoms with van der Waals surface area (Å²) in [5.41, 5.74) is 0.938. The summed E-state index contributed by atoms with van der Waals surface area (Å²) in [6, 6.07) is 5.82. The minimum absolute atomic E-state index is 0.240. The molecule has 0 atom stereocenters. The smallest absolute Gasteiger partial charge is 0.165 e. The Morgan fingerprint density at radius 3 is 2.67 bits per heavy atom. The van der Waals surface area contributed by atoms with Gasteiger partial charge in [0.2, 0.25) is 0 Å². The van der Waals surface area contributed by atoms with Crippen molar-refractivity contribution in [1.82, 2.24) is 5.32 Å². The van der Waals surface area contributed by atoms with Crippen LogP contribution in [-0.2, 0) is 6.54 Å². The summed E-state index contributed by atoms with van der Waals surface area (Å²) in [4.78, 5) is 0. The summed E-state index contributed by atoms with van der Waals surface area (Å²) < 4.78 is 19.6. The van der Waals surface area contributed by atoms with Crippen LogP contribution >= 0.6 is 0 Å². The van der Waals surface area contributed by atoms with Crippen LogP contribution in [0.1, 0.15) is 63.9 Å². The average Bonchev–Trinajstić information content (AvgIpc) is 3.30. The second-order valence-corrected chi connectivity index (χ2v) is 6.00. The number of para-hydroxylation sites is 1. The number of hydrogen-bond donors (Lipinski definition) is 1. The molecule has 2 nitrogen and oxygen atoms in total. The zero-order valence-corrected chi connectivity index (χ0v) is 13.2. The Morgan fingerprint density at radius 1 is 1.14 bits per heavy atom. The van der Waals surface area contributed by atoms with E-state index in [1.54, 1.807) is 6.07 Å². The molecule has 0 aromatic heterocycles. The van der Waals surface area contributed by atoms with E-state index >= 15 is 0 Å². The molecular formula is C18H28FNO. The molecule has 0 radical (unpaired) electrons. The summed E-state index contributed by atoms with van der Waals surface area (Å²) in [7, 11) is 0. The largest absolute Gasteiger partial charge is 0.490 e. The first-order chi connectivity index (χ1) is 10.3.